The zero-order valence-electron chi connectivity index (χ0n) is 12.5. The molecule has 3 aromatic heterocycles. The number of thiophene rings is 2. The number of fused-ring (bicyclic) bond motifs is 1. The van der Waals surface area contributed by atoms with Crippen molar-refractivity contribution in [2.75, 3.05) is 4.72 Å². The topological polar surface area (TPSA) is 72.0 Å². The molecule has 126 valence electrons. The van der Waals surface area contributed by atoms with Crippen molar-refractivity contribution in [1.82, 2.24) is 9.97 Å². The Balaban J connectivity index is 1.84. The molecule has 0 bridgehead atoms. The summed E-state index contributed by atoms with van der Waals surface area (Å²) in [6.45, 7) is 0. The Labute approximate surface area is 160 Å². The van der Waals surface area contributed by atoms with Gasteiger partial charge in [-0.1, -0.05) is 30.3 Å². The first-order chi connectivity index (χ1) is 12.0. The van der Waals surface area contributed by atoms with E-state index < -0.39 is 10.0 Å². The van der Waals surface area contributed by atoms with Gasteiger partial charge >= 0.3 is 0 Å². The molecule has 0 amide bonds. The minimum absolute atomic E-state index is 0.225. The van der Waals surface area contributed by atoms with E-state index in [4.69, 9.17) is 0 Å². The molecular formula is C16H10BrN3O2S3. The molecular weight excluding hydrogens is 442 g/mol. The van der Waals surface area contributed by atoms with Crippen LogP contribution in [0.1, 0.15) is 0 Å². The third kappa shape index (κ3) is 3.20. The van der Waals surface area contributed by atoms with Gasteiger partial charge in [0.1, 0.15) is 15.4 Å². The van der Waals surface area contributed by atoms with E-state index in [0.717, 1.165) is 31.1 Å². The summed E-state index contributed by atoms with van der Waals surface area (Å²) in [6.07, 6.45) is 1.37. The number of hydrogen-bond acceptors (Lipinski definition) is 6. The van der Waals surface area contributed by atoms with Gasteiger partial charge in [0.25, 0.3) is 10.0 Å². The van der Waals surface area contributed by atoms with Crippen molar-refractivity contribution in [2.45, 2.75) is 4.21 Å². The van der Waals surface area contributed by atoms with Gasteiger partial charge < -0.3 is 0 Å². The summed E-state index contributed by atoms with van der Waals surface area (Å²) in [5.41, 5.74) is 1.90. The molecule has 4 aromatic rings. The number of nitrogens with zero attached hydrogens (tertiary/aromatic N) is 2. The van der Waals surface area contributed by atoms with Gasteiger partial charge in [-0.2, -0.15) is 0 Å². The Hall–Kier alpha value is -1.81. The molecule has 4 rings (SSSR count). The molecule has 1 N–H and O–H groups in total. The Morgan fingerprint density at radius 2 is 1.84 bits per heavy atom. The largest absolute Gasteiger partial charge is 0.272 e. The maximum absolute atomic E-state index is 12.6. The van der Waals surface area contributed by atoms with Crippen molar-refractivity contribution < 1.29 is 8.42 Å². The molecule has 0 aliphatic rings. The number of rotatable bonds is 4. The van der Waals surface area contributed by atoms with Crippen LogP contribution in [0.3, 0.4) is 0 Å². The highest BCUT2D eigenvalue weighted by atomic mass is 79.9. The minimum atomic E-state index is -3.71. The van der Waals surface area contributed by atoms with Crippen molar-refractivity contribution in [3.8, 4) is 11.1 Å². The fourth-order valence-corrected chi connectivity index (χ4v) is 6.35. The van der Waals surface area contributed by atoms with Gasteiger partial charge in [0.15, 0.2) is 5.82 Å². The highest BCUT2D eigenvalue weighted by Crippen LogP contribution is 2.37. The van der Waals surface area contributed by atoms with E-state index in [-0.39, 0.29) is 10.0 Å². The second kappa shape index (κ2) is 6.49. The van der Waals surface area contributed by atoms with Gasteiger partial charge in [-0.25, -0.2) is 18.4 Å². The van der Waals surface area contributed by atoms with Crippen molar-refractivity contribution in [3.63, 3.8) is 0 Å². The van der Waals surface area contributed by atoms with Crippen LogP contribution in [-0.2, 0) is 10.0 Å². The van der Waals surface area contributed by atoms with E-state index in [1.165, 1.54) is 17.7 Å². The standard InChI is InChI=1S/C16H10BrN3O2S3/c17-12-6-7-13(24-12)25(21,22)20-15-14-11(10-4-2-1-3-5-10)8-23-16(14)19-9-18-15/h1-9H,(H,18,19,20). The number of hydrogen-bond donors (Lipinski definition) is 1. The maximum Gasteiger partial charge on any atom is 0.272 e. The number of nitrogens with one attached hydrogen (secondary N) is 1. The summed E-state index contributed by atoms with van der Waals surface area (Å²) in [5.74, 6) is 0.287. The first-order valence-corrected chi connectivity index (χ1v) is 11.1. The molecule has 0 atom stereocenters. The minimum Gasteiger partial charge on any atom is -0.262 e. The number of benzene rings is 1. The van der Waals surface area contributed by atoms with Crippen LogP contribution < -0.4 is 4.72 Å². The molecule has 9 heteroatoms. The second-order valence-electron chi connectivity index (χ2n) is 5.08. The molecule has 5 nitrogen and oxygen atoms in total. The Morgan fingerprint density at radius 1 is 1.04 bits per heavy atom. The molecule has 0 saturated heterocycles. The van der Waals surface area contributed by atoms with Crippen LogP contribution in [0.25, 0.3) is 21.3 Å². The van der Waals surface area contributed by atoms with E-state index in [9.17, 15) is 8.42 Å². The van der Waals surface area contributed by atoms with Crippen LogP contribution in [0, 0.1) is 0 Å². The van der Waals surface area contributed by atoms with Crippen molar-refractivity contribution in [1.29, 1.82) is 0 Å². The predicted octanol–water partition coefficient (Wildman–Crippen LogP) is 4.98. The van der Waals surface area contributed by atoms with Crippen LogP contribution in [0.4, 0.5) is 5.82 Å². The lowest BCUT2D eigenvalue weighted by Gasteiger charge is -2.08. The van der Waals surface area contributed by atoms with Crippen molar-refractivity contribution in [3.05, 3.63) is 58.0 Å². The van der Waals surface area contributed by atoms with Crippen LogP contribution in [0.15, 0.2) is 62.2 Å². The van der Waals surface area contributed by atoms with Crippen molar-refractivity contribution in [2.24, 2.45) is 0 Å². The summed E-state index contributed by atoms with van der Waals surface area (Å²) in [4.78, 5) is 9.18. The maximum atomic E-state index is 12.6. The average molecular weight is 452 g/mol. The SMILES string of the molecule is O=S(=O)(Nc1ncnc2scc(-c3ccccc3)c12)c1ccc(Br)s1. The summed E-state index contributed by atoms with van der Waals surface area (Å²) in [6, 6.07) is 13.0. The highest BCUT2D eigenvalue weighted by Gasteiger charge is 2.21. The average Bonchev–Trinajstić information content (AvgIpc) is 3.23. The third-order valence-corrected chi connectivity index (χ3v) is 7.84. The molecule has 0 spiro atoms. The fourth-order valence-electron chi connectivity index (χ4n) is 2.40. The summed E-state index contributed by atoms with van der Waals surface area (Å²) in [7, 11) is -3.71. The van der Waals surface area contributed by atoms with Gasteiger partial charge in [-0.15, -0.1) is 22.7 Å². The van der Waals surface area contributed by atoms with Gasteiger partial charge in [-0.3, -0.25) is 4.72 Å². The number of halogens is 1. The molecule has 3 heterocycles. The van der Waals surface area contributed by atoms with E-state index in [0.29, 0.717) is 5.39 Å². The molecule has 0 aliphatic heterocycles. The smallest absolute Gasteiger partial charge is 0.262 e. The lowest BCUT2D eigenvalue weighted by molar-refractivity contribution is 0.603. The van der Waals surface area contributed by atoms with E-state index in [1.807, 2.05) is 35.7 Å². The first kappa shape index (κ1) is 16.6. The van der Waals surface area contributed by atoms with Gasteiger partial charge in [-0.05, 0) is 33.6 Å². The molecule has 0 fully saturated rings. The van der Waals surface area contributed by atoms with E-state index >= 15 is 0 Å². The molecule has 0 aliphatic carbocycles. The highest BCUT2D eigenvalue weighted by molar-refractivity contribution is 9.11. The molecule has 0 unspecified atom stereocenters. The Morgan fingerprint density at radius 3 is 2.56 bits per heavy atom. The van der Waals surface area contributed by atoms with Crippen LogP contribution in [0.5, 0.6) is 0 Å². The molecule has 0 radical (unpaired) electrons. The van der Waals surface area contributed by atoms with E-state index in [2.05, 4.69) is 30.6 Å². The lowest BCUT2D eigenvalue weighted by atomic mass is 10.1. The molecule has 25 heavy (non-hydrogen) atoms. The summed E-state index contributed by atoms with van der Waals surface area (Å²) < 4.78 is 28.9. The second-order valence-corrected chi connectivity index (χ2v) is 10.3. The normalized spacial score (nSPS) is 11.7. The van der Waals surface area contributed by atoms with Crippen LogP contribution in [0.2, 0.25) is 0 Å². The van der Waals surface area contributed by atoms with Gasteiger partial charge in [0.2, 0.25) is 0 Å². The van der Waals surface area contributed by atoms with E-state index in [1.54, 1.807) is 12.1 Å². The monoisotopic (exact) mass is 451 g/mol. The van der Waals surface area contributed by atoms with Gasteiger partial charge in [0.05, 0.1) is 9.17 Å². The predicted molar refractivity (Wildman–Crippen MR) is 106 cm³/mol. The lowest BCUT2D eigenvalue weighted by Crippen LogP contribution is -2.13. The summed E-state index contributed by atoms with van der Waals surface area (Å²) in [5, 5.41) is 2.67. The third-order valence-electron chi connectivity index (χ3n) is 3.50. The first-order valence-electron chi connectivity index (χ1n) is 7.10. The molecule has 0 saturated carbocycles. The van der Waals surface area contributed by atoms with Crippen LogP contribution in [-0.4, -0.2) is 18.4 Å². The number of aromatic nitrogens is 2. The Kier molecular flexibility index (Phi) is 4.32. The molecule has 1 aromatic carbocycles. The van der Waals surface area contributed by atoms with Gasteiger partial charge in [0, 0.05) is 10.9 Å². The van der Waals surface area contributed by atoms with Crippen LogP contribution >= 0.6 is 38.6 Å². The number of anilines is 1. The summed E-state index contributed by atoms with van der Waals surface area (Å²) >= 11 is 5.89. The zero-order chi connectivity index (χ0) is 17.4. The fraction of sp³-hybridized carbons (Fsp3) is 0. The Bertz CT molecular complexity index is 1150. The quantitative estimate of drug-likeness (QED) is 0.474. The van der Waals surface area contributed by atoms with Crippen molar-refractivity contribution >= 4 is 64.7 Å². The number of sulfonamides is 1. The zero-order valence-corrected chi connectivity index (χ0v) is 16.5.